The maximum atomic E-state index is 2.43. The Kier molecular flexibility index (Phi) is 1.74. The minimum atomic E-state index is 0.832. The van der Waals surface area contributed by atoms with E-state index in [-0.39, 0.29) is 0 Å². The fraction of sp³-hybridized carbons (Fsp3) is 1.00. The van der Waals surface area contributed by atoms with Crippen molar-refractivity contribution >= 4 is 0 Å². The first kappa shape index (κ1) is 7.64. The van der Waals surface area contributed by atoms with Crippen molar-refractivity contribution in [2.24, 2.45) is 17.3 Å². The van der Waals surface area contributed by atoms with E-state index >= 15 is 0 Å². The van der Waals surface area contributed by atoms with E-state index in [0.717, 1.165) is 17.3 Å². The summed E-state index contributed by atoms with van der Waals surface area (Å²) in [6.07, 6.45) is 9.17. The van der Waals surface area contributed by atoms with Crippen LogP contribution in [0.4, 0.5) is 0 Å². The summed E-state index contributed by atoms with van der Waals surface area (Å²) in [7, 11) is 0. The van der Waals surface area contributed by atoms with Crippen molar-refractivity contribution in [1.82, 2.24) is 0 Å². The topological polar surface area (TPSA) is 0 Å². The minimum Gasteiger partial charge on any atom is -0.0625 e. The highest BCUT2D eigenvalue weighted by molar-refractivity contribution is 4.93. The van der Waals surface area contributed by atoms with Crippen molar-refractivity contribution in [2.75, 3.05) is 0 Å². The largest absolute Gasteiger partial charge is 0.0625 e. The third-order valence-corrected chi connectivity index (χ3v) is 3.90. The van der Waals surface area contributed by atoms with Crippen LogP contribution in [-0.4, -0.2) is 0 Å². The maximum Gasteiger partial charge on any atom is -0.0292 e. The average molecular weight is 152 g/mol. The quantitative estimate of drug-likeness (QED) is 0.497. The predicted molar refractivity (Wildman–Crippen MR) is 48.5 cm³/mol. The van der Waals surface area contributed by atoms with Crippen LogP contribution in [0.15, 0.2) is 0 Å². The zero-order valence-electron chi connectivity index (χ0n) is 7.90. The van der Waals surface area contributed by atoms with Crippen LogP contribution in [0.2, 0.25) is 0 Å². The van der Waals surface area contributed by atoms with Gasteiger partial charge in [-0.2, -0.15) is 0 Å². The molecule has 0 heterocycles. The molecule has 0 saturated heterocycles. The first-order chi connectivity index (χ1) is 5.20. The molecule has 2 aliphatic rings. The zero-order valence-corrected chi connectivity index (χ0v) is 7.90. The molecule has 0 amide bonds. The van der Waals surface area contributed by atoms with E-state index in [0.29, 0.717) is 0 Å². The second kappa shape index (κ2) is 2.50. The molecular formula is C11H20. The van der Waals surface area contributed by atoms with Crippen LogP contribution in [0.5, 0.6) is 0 Å². The fourth-order valence-corrected chi connectivity index (χ4v) is 3.40. The molecule has 11 heavy (non-hydrogen) atoms. The van der Waals surface area contributed by atoms with E-state index in [1.165, 1.54) is 25.7 Å². The number of hydrogen-bond donors (Lipinski definition) is 0. The Morgan fingerprint density at radius 2 is 1.36 bits per heavy atom. The molecule has 0 aromatic heterocycles. The van der Waals surface area contributed by atoms with Crippen molar-refractivity contribution in [3.05, 3.63) is 0 Å². The van der Waals surface area contributed by atoms with Crippen LogP contribution in [-0.2, 0) is 0 Å². The molecular weight excluding hydrogens is 132 g/mol. The molecule has 0 heteroatoms. The molecule has 64 valence electrons. The van der Waals surface area contributed by atoms with E-state index in [9.17, 15) is 0 Å². The average Bonchev–Trinajstić information content (AvgIpc) is 2.44. The molecule has 2 saturated carbocycles. The van der Waals surface area contributed by atoms with Gasteiger partial charge in [-0.1, -0.05) is 26.7 Å². The third-order valence-electron chi connectivity index (χ3n) is 3.90. The van der Waals surface area contributed by atoms with Gasteiger partial charge in [-0.25, -0.2) is 0 Å². The van der Waals surface area contributed by atoms with Crippen LogP contribution in [0.3, 0.4) is 0 Å². The molecule has 0 nitrogen and oxygen atoms in total. The summed E-state index contributed by atoms with van der Waals surface area (Å²) in [6, 6.07) is 0. The lowest BCUT2D eigenvalue weighted by Crippen LogP contribution is -2.11. The standard InChI is InChI=1S/C11H20/c1-9-3-5-11(7-9)6-4-10(2)8-11/h9-10H,3-8H2,1-2H3/t9-,10-,11?/m1/s1. The highest BCUT2D eigenvalue weighted by Gasteiger charge is 2.41. The first-order valence-electron chi connectivity index (χ1n) is 5.20. The van der Waals surface area contributed by atoms with Gasteiger partial charge in [0, 0.05) is 0 Å². The lowest BCUT2D eigenvalue weighted by molar-refractivity contribution is 0.287. The maximum absolute atomic E-state index is 2.43. The highest BCUT2D eigenvalue weighted by Crippen LogP contribution is 2.54. The van der Waals surface area contributed by atoms with Crippen LogP contribution in [0, 0.1) is 17.3 Å². The molecule has 2 rings (SSSR count). The monoisotopic (exact) mass is 152 g/mol. The fourth-order valence-electron chi connectivity index (χ4n) is 3.40. The van der Waals surface area contributed by atoms with Crippen molar-refractivity contribution in [2.45, 2.75) is 52.4 Å². The molecule has 0 radical (unpaired) electrons. The molecule has 0 aromatic carbocycles. The summed E-state index contributed by atoms with van der Waals surface area (Å²) in [5.41, 5.74) is 0.832. The Balaban J connectivity index is 2.02. The highest BCUT2D eigenvalue weighted by atomic mass is 14.5. The Morgan fingerprint density at radius 3 is 1.64 bits per heavy atom. The van der Waals surface area contributed by atoms with Gasteiger partial charge in [-0.05, 0) is 42.9 Å². The van der Waals surface area contributed by atoms with E-state index < -0.39 is 0 Å². The van der Waals surface area contributed by atoms with E-state index in [2.05, 4.69) is 13.8 Å². The Labute approximate surface area is 70.4 Å². The Bertz CT molecular complexity index is 130. The number of hydrogen-bond acceptors (Lipinski definition) is 0. The lowest BCUT2D eigenvalue weighted by Gasteiger charge is -2.22. The van der Waals surface area contributed by atoms with Crippen molar-refractivity contribution in [1.29, 1.82) is 0 Å². The molecule has 0 N–H and O–H groups in total. The van der Waals surface area contributed by atoms with Crippen molar-refractivity contribution in [3.63, 3.8) is 0 Å². The normalized spacial score (nSPS) is 42.0. The van der Waals surface area contributed by atoms with Crippen LogP contribution in [0.25, 0.3) is 0 Å². The van der Waals surface area contributed by atoms with Gasteiger partial charge in [0.15, 0.2) is 0 Å². The SMILES string of the molecule is C[C@@H]1CCC2(CC[C@@H](C)C2)C1. The van der Waals surface area contributed by atoms with Gasteiger partial charge in [-0.15, -0.1) is 0 Å². The number of rotatable bonds is 0. The Morgan fingerprint density at radius 1 is 0.909 bits per heavy atom. The van der Waals surface area contributed by atoms with E-state index in [1.54, 1.807) is 12.8 Å². The summed E-state index contributed by atoms with van der Waals surface area (Å²) in [5.74, 6) is 2.06. The minimum absolute atomic E-state index is 0.832. The van der Waals surface area contributed by atoms with Crippen LogP contribution < -0.4 is 0 Å². The Hall–Kier alpha value is 0. The van der Waals surface area contributed by atoms with Gasteiger partial charge in [0.25, 0.3) is 0 Å². The molecule has 2 aliphatic carbocycles. The van der Waals surface area contributed by atoms with Crippen LogP contribution in [0.1, 0.15) is 52.4 Å². The summed E-state index contributed by atoms with van der Waals surface area (Å²) >= 11 is 0. The second-order valence-electron chi connectivity index (χ2n) is 5.20. The van der Waals surface area contributed by atoms with Crippen LogP contribution >= 0.6 is 0 Å². The molecule has 0 aliphatic heterocycles. The van der Waals surface area contributed by atoms with Gasteiger partial charge in [0.2, 0.25) is 0 Å². The van der Waals surface area contributed by atoms with E-state index in [1.807, 2.05) is 0 Å². The third kappa shape index (κ3) is 1.32. The van der Waals surface area contributed by atoms with Gasteiger partial charge in [0.1, 0.15) is 0 Å². The predicted octanol–water partition coefficient (Wildman–Crippen LogP) is 3.61. The summed E-state index contributed by atoms with van der Waals surface area (Å²) in [6.45, 7) is 4.86. The van der Waals surface area contributed by atoms with Gasteiger partial charge in [0.05, 0.1) is 0 Å². The summed E-state index contributed by atoms with van der Waals surface area (Å²) in [5, 5.41) is 0. The van der Waals surface area contributed by atoms with Gasteiger partial charge < -0.3 is 0 Å². The molecule has 2 atom stereocenters. The first-order valence-corrected chi connectivity index (χ1v) is 5.20. The summed E-state index contributed by atoms with van der Waals surface area (Å²) in [4.78, 5) is 0. The zero-order chi connectivity index (χ0) is 7.90. The van der Waals surface area contributed by atoms with E-state index in [4.69, 9.17) is 0 Å². The lowest BCUT2D eigenvalue weighted by atomic mass is 9.83. The molecule has 0 aromatic rings. The molecule has 2 fully saturated rings. The van der Waals surface area contributed by atoms with Gasteiger partial charge >= 0.3 is 0 Å². The van der Waals surface area contributed by atoms with Crippen molar-refractivity contribution < 1.29 is 0 Å². The van der Waals surface area contributed by atoms with Crippen molar-refractivity contribution in [3.8, 4) is 0 Å². The molecule has 0 unspecified atom stereocenters. The van der Waals surface area contributed by atoms with Gasteiger partial charge in [-0.3, -0.25) is 0 Å². The molecule has 1 spiro atoms. The summed E-state index contributed by atoms with van der Waals surface area (Å²) < 4.78 is 0. The molecule has 0 bridgehead atoms. The smallest absolute Gasteiger partial charge is 0.0292 e. The second-order valence-corrected chi connectivity index (χ2v) is 5.20.